The van der Waals surface area contributed by atoms with Crippen molar-refractivity contribution in [3.8, 4) is 0 Å². The zero-order chi connectivity index (χ0) is 18.1. The van der Waals surface area contributed by atoms with Gasteiger partial charge in [-0.2, -0.15) is 10.2 Å². The normalized spacial score (nSPS) is 13.9. The van der Waals surface area contributed by atoms with E-state index in [1.807, 2.05) is 43.3 Å². The molecule has 2 nitrogen and oxygen atoms in total. The van der Waals surface area contributed by atoms with Gasteiger partial charge < -0.3 is 0 Å². The molecule has 0 aliphatic heterocycles. The Labute approximate surface area is 166 Å². The highest BCUT2D eigenvalue weighted by Crippen LogP contribution is 2.30. The fourth-order valence-electron chi connectivity index (χ4n) is 2.41. The van der Waals surface area contributed by atoms with E-state index in [0.29, 0.717) is 12.8 Å². The minimum atomic E-state index is -0.675. The minimum absolute atomic E-state index is 0.249. The highest BCUT2D eigenvalue weighted by molar-refractivity contribution is 9.09. The molecule has 2 rings (SSSR count). The SMILES string of the molecule is CCC(F)CCC[C@@H](Br)c1ccc(N=Nc2ccc(CBr)cc2)cc1. The summed E-state index contributed by atoms with van der Waals surface area (Å²) in [5.41, 5.74) is 4.06. The van der Waals surface area contributed by atoms with Gasteiger partial charge in [-0.3, -0.25) is 0 Å². The molecule has 0 saturated heterocycles. The van der Waals surface area contributed by atoms with Crippen molar-refractivity contribution in [2.75, 3.05) is 0 Å². The summed E-state index contributed by atoms with van der Waals surface area (Å²) in [5.74, 6) is 0. The molecule has 2 aromatic carbocycles. The average molecular weight is 470 g/mol. The molecule has 0 fully saturated rings. The lowest BCUT2D eigenvalue weighted by atomic mass is 10.0. The van der Waals surface area contributed by atoms with Crippen molar-refractivity contribution in [3.05, 3.63) is 59.7 Å². The first-order valence-electron chi connectivity index (χ1n) is 8.57. The summed E-state index contributed by atoms with van der Waals surface area (Å²) in [4.78, 5) is 0.249. The van der Waals surface area contributed by atoms with Crippen molar-refractivity contribution in [2.24, 2.45) is 10.2 Å². The molecule has 0 heterocycles. The van der Waals surface area contributed by atoms with Crippen molar-refractivity contribution >= 4 is 43.2 Å². The average Bonchev–Trinajstić information content (AvgIpc) is 2.66. The fraction of sp³-hybridized carbons (Fsp3) is 0.400. The van der Waals surface area contributed by atoms with Gasteiger partial charge in [-0.1, -0.05) is 63.0 Å². The molecular formula is C20H23Br2FN2. The van der Waals surface area contributed by atoms with Crippen LogP contribution in [0, 0.1) is 0 Å². The van der Waals surface area contributed by atoms with Gasteiger partial charge in [-0.15, -0.1) is 0 Å². The van der Waals surface area contributed by atoms with Crippen LogP contribution in [0.1, 0.15) is 48.6 Å². The first-order chi connectivity index (χ1) is 12.1. The highest BCUT2D eigenvalue weighted by Gasteiger charge is 2.09. The second-order valence-corrected chi connectivity index (χ2v) is 7.66. The first kappa shape index (κ1) is 20.2. The third-order valence-electron chi connectivity index (χ3n) is 4.04. The number of benzene rings is 2. The van der Waals surface area contributed by atoms with Gasteiger partial charge in [0.2, 0.25) is 0 Å². The van der Waals surface area contributed by atoms with E-state index in [1.54, 1.807) is 0 Å². The van der Waals surface area contributed by atoms with E-state index >= 15 is 0 Å². The van der Waals surface area contributed by atoms with Crippen molar-refractivity contribution in [2.45, 2.75) is 48.9 Å². The molecule has 0 spiro atoms. The lowest BCUT2D eigenvalue weighted by molar-refractivity contribution is 0.297. The van der Waals surface area contributed by atoms with Gasteiger partial charge in [0.05, 0.1) is 17.5 Å². The van der Waals surface area contributed by atoms with Crippen LogP contribution in [-0.4, -0.2) is 6.17 Å². The van der Waals surface area contributed by atoms with Gasteiger partial charge in [0.15, 0.2) is 0 Å². The van der Waals surface area contributed by atoms with Gasteiger partial charge in [-0.05, 0) is 61.1 Å². The summed E-state index contributed by atoms with van der Waals surface area (Å²) in [5, 5.41) is 9.38. The summed E-state index contributed by atoms with van der Waals surface area (Å²) < 4.78 is 13.3. The second-order valence-electron chi connectivity index (χ2n) is 6.00. The second kappa shape index (κ2) is 10.8. The van der Waals surface area contributed by atoms with Crippen LogP contribution in [0.25, 0.3) is 0 Å². The van der Waals surface area contributed by atoms with Crippen molar-refractivity contribution in [1.82, 2.24) is 0 Å². The van der Waals surface area contributed by atoms with Crippen LogP contribution >= 0.6 is 31.9 Å². The molecular weight excluding hydrogens is 447 g/mol. The molecule has 0 aliphatic rings. The van der Waals surface area contributed by atoms with E-state index in [4.69, 9.17) is 0 Å². The maximum Gasteiger partial charge on any atom is 0.0999 e. The minimum Gasteiger partial charge on any atom is -0.248 e. The molecule has 134 valence electrons. The molecule has 5 heteroatoms. The monoisotopic (exact) mass is 468 g/mol. The molecule has 2 aromatic rings. The van der Waals surface area contributed by atoms with E-state index in [1.165, 1.54) is 11.1 Å². The summed E-state index contributed by atoms with van der Waals surface area (Å²) in [7, 11) is 0. The molecule has 1 unspecified atom stereocenters. The molecule has 0 saturated carbocycles. The van der Waals surface area contributed by atoms with Crippen molar-refractivity contribution < 1.29 is 4.39 Å². The van der Waals surface area contributed by atoms with Crippen LogP contribution in [-0.2, 0) is 5.33 Å². The first-order valence-corrected chi connectivity index (χ1v) is 10.6. The van der Waals surface area contributed by atoms with Crippen LogP contribution in [0.15, 0.2) is 58.8 Å². The Bertz CT molecular complexity index is 656. The molecule has 2 atom stereocenters. The largest absolute Gasteiger partial charge is 0.248 e. The zero-order valence-electron chi connectivity index (χ0n) is 14.3. The molecule has 0 aliphatic carbocycles. The van der Waals surface area contributed by atoms with Gasteiger partial charge >= 0.3 is 0 Å². The standard InChI is InChI=1S/C20H23Br2FN2/c1-2-17(23)4-3-5-20(22)16-8-12-19(13-9-16)25-24-18-10-6-15(14-21)7-11-18/h6-13,17,20H,2-5,14H2,1H3/t17?,20-/m1/s1. The van der Waals surface area contributed by atoms with Crippen LogP contribution in [0.4, 0.5) is 15.8 Å². The Morgan fingerprint density at radius 3 is 2.00 bits per heavy atom. The summed E-state index contributed by atoms with van der Waals surface area (Å²) in [6, 6.07) is 16.0. The third kappa shape index (κ3) is 6.98. The van der Waals surface area contributed by atoms with Crippen LogP contribution in [0.3, 0.4) is 0 Å². The van der Waals surface area contributed by atoms with E-state index in [-0.39, 0.29) is 4.83 Å². The number of hydrogen-bond acceptors (Lipinski definition) is 2. The molecule has 0 radical (unpaired) electrons. The van der Waals surface area contributed by atoms with E-state index in [9.17, 15) is 4.39 Å². The van der Waals surface area contributed by atoms with E-state index in [0.717, 1.165) is 29.5 Å². The smallest absolute Gasteiger partial charge is 0.0999 e. The number of hydrogen-bond donors (Lipinski definition) is 0. The zero-order valence-corrected chi connectivity index (χ0v) is 17.5. The Morgan fingerprint density at radius 1 is 0.920 bits per heavy atom. The Kier molecular flexibility index (Phi) is 8.76. The van der Waals surface area contributed by atoms with Gasteiger partial charge in [0.1, 0.15) is 0 Å². The Hall–Kier alpha value is -1.07. The summed E-state index contributed by atoms with van der Waals surface area (Å²) >= 11 is 7.12. The predicted octanol–water partition coefficient (Wildman–Crippen LogP) is 8.35. The van der Waals surface area contributed by atoms with E-state index in [2.05, 4.69) is 54.2 Å². The Morgan fingerprint density at radius 2 is 1.48 bits per heavy atom. The fourth-order valence-corrected chi connectivity index (χ4v) is 3.41. The van der Waals surface area contributed by atoms with Crippen molar-refractivity contribution in [3.63, 3.8) is 0 Å². The quantitative estimate of drug-likeness (QED) is 0.260. The molecule has 0 aromatic heterocycles. The number of nitrogens with zero attached hydrogens (tertiary/aromatic N) is 2. The number of halogens is 3. The summed E-state index contributed by atoms with van der Waals surface area (Å²) in [6.45, 7) is 1.89. The molecule has 0 amide bonds. The molecule has 0 N–H and O–H groups in total. The van der Waals surface area contributed by atoms with Gasteiger partial charge in [0, 0.05) is 10.2 Å². The van der Waals surface area contributed by atoms with Gasteiger partial charge in [0.25, 0.3) is 0 Å². The number of azo groups is 1. The maximum atomic E-state index is 13.3. The lowest BCUT2D eigenvalue weighted by Crippen LogP contribution is -1.98. The highest BCUT2D eigenvalue weighted by atomic mass is 79.9. The Balaban J connectivity index is 1.88. The maximum absolute atomic E-state index is 13.3. The van der Waals surface area contributed by atoms with Crippen molar-refractivity contribution in [1.29, 1.82) is 0 Å². The van der Waals surface area contributed by atoms with Crippen LogP contribution in [0.2, 0.25) is 0 Å². The van der Waals surface area contributed by atoms with Crippen LogP contribution < -0.4 is 0 Å². The molecule has 25 heavy (non-hydrogen) atoms. The predicted molar refractivity (Wildman–Crippen MR) is 110 cm³/mol. The number of alkyl halides is 3. The topological polar surface area (TPSA) is 24.7 Å². The summed E-state index contributed by atoms with van der Waals surface area (Å²) in [6.07, 6.45) is 2.38. The van der Waals surface area contributed by atoms with Gasteiger partial charge in [-0.25, -0.2) is 4.39 Å². The van der Waals surface area contributed by atoms with E-state index < -0.39 is 6.17 Å². The van der Waals surface area contributed by atoms with Crippen LogP contribution in [0.5, 0.6) is 0 Å². The third-order valence-corrected chi connectivity index (χ3v) is 5.68. The lowest BCUT2D eigenvalue weighted by Gasteiger charge is -2.11. The number of rotatable bonds is 9. The molecule has 0 bridgehead atoms.